The van der Waals surface area contributed by atoms with Crippen molar-refractivity contribution < 1.29 is 0 Å². The number of nitrogens with zero attached hydrogens (tertiary/aromatic N) is 1. The van der Waals surface area contributed by atoms with Crippen LogP contribution in [0.4, 0.5) is 0 Å². The summed E-state index contributed by atoms with van der Waals surface area (Å²) in [5, 5.41) is 2.55. The van der Waals surface area contributed by atoms with Crippen molar-refractivity contribution in [3.8, 4) is 27.9 Å². The normalized spacial score (nSPS) is 11.3. The molecule has 0 fully saturated rings. The molecule has 0 bridgehead atoms. The Labute approximate surface area is 201 Å². The van der Waals surface area contributed by atoms with E-state index >= 15 is 0 Å². The van der Waals surface area contributed by atoms with E-state index in [-0.39, 0.29) is 0 Å². The second-order valence-corrected chi connectivity index (χ2v) is 9.25. The molecule has 0 aliphatic carbocycles. The first kappa shape index (κ1) is 19.3. The van der Waals surface area contributed by atoms with Gasteiger partial charge >= 0.3 is 0 Å². The molecule has 0 radical (unpaired) electrons. The summed E-state index contributed by atoms with van der Waals surface area (Å²) in [6.07, 6.45) is 0. The fraction of sp³-hybridized carbons (Fsp3) is 0. The number of aromatic nitrogens is 1. The molecule has 5 aromatic carbocycles. The lowest BCUT2D eigenvalue weighted by Crippen LogP contribution is -1.93. The minimum absolute atomic E-state index is 1.19. The molecular weight excluding hydrogens is 501 g/mol. The summed E-state index contributed by atoms with van der Waals surface area (Å²) in [7, 11) is 0. The Balaban J connectivity index is 1.66. The van der Waals surface area contributed by atoms with Gasteiger partial charge in [-0.25, -0.2) is 0 Å². The quantitative estimate of drug-likeness (QED) is 0.205. The van der Waals surface area contributed by atoms with Crippen molar-refractivity contribution in [2.45, 2.75) is 0 Å². The fourth-order valence-electron chi connectivity index (χ4n) is 4.51. The van der Waals surface area contributed by atoms with Crippen LogP contribution in [-0.4, -0.2) is 4.57 Å². The second-order valence-electron chi connectivity index (χ2n) is 8.01. The number of benzene rings is 5. The van der Waals surface area contributed by atoms with E-state index in [4.69, 9.17) is 0 Å². The van der Waals surface area contributed by atoms with Gasteiger partial charge in [-0.3, -0.25) is 0 Å². The van der Waals surface area contributed by atoms with Gasteiger partial charge in [-0.1, -0.05) is 72.8 Å². The number of fused-ring (bicyclic) bond motifs is 3. The van der Waals surface area contributed by atoms with Gasteiger partial charge in [0, 0.05) is 20.0 Å². The van der Waals surface area contributed by atoms with Gasteiger partial charge in [0.15, 0.2) is 0 Å². The molecule has 152 valence electrons. The lowest BCUT2D eigenvalue weighted by Gasteiger charge is -2.09. The van der Waals surface area contributed by atoms with Crippen LogP contribution < -0.4 is 0 Å². The average Bonchev–Trinajstić information content (AvgIpc) is 3.19. The predicted molar refractivity (Wildman–Crippen MR) is 144 cm³/mol. The molecule has 6 rings (SSSR count). The largest absolute Gasteiger partial charge is 0.309 e. The number of rotatable bonds is 3. The molecule has 0 spiro atoms. The van der Waals surface area contributed by atoms with E-state index in [9.17, 15) is 0 Å². The molecule has 0 N–H and O–H groups in total. The summed E-state index contributed by atoms with van der Waals surface area (Å²) in [5.74, 6) is 0. The summed E-state index contributed by atoms with van der Waals surface area (Å²) in [6.45, 7) is 0. The third-order valence-electron chi connectivity index (χ3n) is 6.06. The zero-order chi connectivity index (χ0) is 21.5. The van der Waals surface area contributed by atoms with E-state index in [1.807, 2.05) is 0 Å². The molecule has 1 heterocycles. The molecule has 0 saturated heterocycles. The van der Waals surface area contributed by atoms with Crippen LogP contribution in [0.3, 0.4) is 0 Å². The number of hydrogen-bond donors (Lipinski definition) is 0. The Hall–Kier alpha value is -3.37. The molecule has 0 aliphatic rings. The lowest BCUT2D eigenvalue weighted by atomic mass is 10.0. The number of hydrogen-bond acceptors (Lipinski definition) is 0. The van der Waals surface area contributed by atoms with Crippen LogP contribution in [0.5, 0.6) is 0 Å². The highest BCUT2D eigenvalue weighted by atomic mass is 127. The summed E-state index contributed by atoms with van der Waals surface area (Å²) in [6, 6.07) is 43.7. The molecule has 0 amide bonds. The molecule has 2 heteroatoms. The second kappa shape index (κ2) is 7.95. The van der Waals surface area contributed by atoms with Crippen molar-refractivity contribution in [3.05, 3.63) is 125 Å². The van der Waals surface area contributed by atoms with Crippen LogP contribution in [0.15, 0.2) is 121 Å². The summed E-state index contributed by atoms with van der Waals surface area (Å²) < 4.78 is 3.62. The van der Waals surface area contributed by atoms with E-state index in [0.29, 0.717) is 0 Å². The molecule has 6 aromatic rings. The van der Waals surface area contributed by atoms with Gasteiger partial charge in [0.2, 0.25) is 0 Å². The molecule has 1 aromatic heterocycles. The fourth-order valence-corrected chi connectivity index (χ4v) is 4.87. The van der Waals surface area contributed by atoms with Crippen molar-refractivity contribution in [2.24, 2.45) is 0 Å². The molecule has 0 unspecified atom stereocenters. The van der Waals surface area contributed by atoms with Crippen LogP contribution in [0.25, 0.3) is 49.7 Å². The molecule has 1 nitrogen and oxygen atoms in total. The minimum Gasteiger partial charge on any atom is -0.309 e. The SMILES string of the molecule is Ic1ccc(-n2c3ccc(-c4ccccc4)cc3c3cc(-c4ccccc4)ccc32)cc1. The van der Waals surface area contributed by atoms with Gasteiger partial charge < -0.3 is 4.57 Å². The van der Waals surface area contributed by atoms with E-state index < -0.39 is 0 Å². The van der Waals surface area contributed by atoms with Crippen LogP contribution >= 0.6 is 22.6 Å². The first-order valence-corrected chi connectivity index (χ1v) is 11.8. The first-order chi connectivity index (χ1) is 15.8. The van der Waals surface area contributed by atoms with E-state index in [1.165, 1.54) is 53.3 Å². The molecule has 32 heavy (non-hydrogen) atoms. The number of halogens is 1. The van der Waals surface area contributed by atoms with Gasteiger partial charge in [-0.05, 0) is 93.4 Å². The van der Waals surface area contributed by atoms with Crippen LogP contribution in [-0.2, 0) is 0 Å². The zero-order valence-electron chi connectivity index (χ0n) is 17.4. The molecule has 0 atom stereocenters. The van der Waals surface area contributed by atoms with Gasteiger partial charge in [0.05, 0.1) is 11.0 Å². The van der Waals surface area contributed by atoms with Gasteiger partial charge in [-0.2, -0.15) is 0 Å². The van der Waals surface area contributed by atoms with Crippen molar-refractivity contribution >= 4 is 44.4 Å². The maximum absolute atomic E-state index is 2.38. The molecular formula is C30H20IN. The van der Waals surface area contributed by atoms with Gasteiger partial charge in [-0.15, -0.1) is 0 Å². The maximum atomic E-state index is 2.38. The van der Waals surface area contributed by atoms with E-state index in [0.717, 1.165) is 0 Å². The Morgan fingerprint density at radius 2 is 0.906 bits per heavy atom. The maximum Gasteiger partial charge on any atom is 0.0541 e. The van der Waals surface area contributed by atoms with E-state index in [2.05, 4.69) is 148 Å². The highest BCUT2D eigenvalue weighted by molar-refractivity contribution is 14.1. The van der Waals surface area contributed by atoms with E-state index in [1.54, 1.807) is 0 Å². The Bertz CT molecular complexity index is 1450. The molecule has 0 saturated carbocycles. The third kappa shape index (κ3) is 3.32. The minimum atomic E-state index is 1.19. The Kier molecular flexibility index (Phi) is 4.80. The van der Waals surface area contributed by atoms with Crippen molar-refractivity contribution in [2.75, 3.05) is 0 Å². The summed E-state index contributed by atoms with van der Waals surface area (Å²) >= 11 is 2.36. The highest BCUT2D eigenvalue weighted by Gasteiger charge is 2.14. The van der Waals surface area contributed by atoms with Crippen LogP contribution in [0.1, 0.15) is 0 Å². The third-order valence-corrected chi connectivity index (χ3v) is 6.78. The Morgan fingerprint density at radius 3 is 1.38 bits per heavy atom. The zero-order valence-corrected chi connectivity index (χ0v) is 19.5. The smallest absolute Gasteiger partial charge is 0.0541 e. The molecule has 0 aliphatic heterocycles. The van der Waals surface area contributed by atoms with Crippen LogP contribution in [0, 0.1) is 3.57 Å². The van der Waals surface area contributed by atoms with Gasteiger partial charge in [0.1, 0.15) is 0 Å². The topological polar surface area (TPSA) is 4.93 Å². The van der Waals surface area contributed by atoms with Crippen LogP contribution in [0.2, 0.25) is 0 Å². The summed E-state index contributed by atoms with van der Waals surface area (Å²) in [5.41, 5.74) is 8.60. The van der Waals surface area contributed by atoms with Crippen molar-refractivity contribution in [1.29, 1.82) is 0 Å². The standard InChI is InChI=1S/C30H20IN/c31-25-13-15-26(16-14-25)32-29-17-11-23(21-7-3-1-4-8-21)19-27(29)28-20-24(12-18-30(28)32)22-9-5-2-6-10-22/h1-20H. The van der Waals surface area contributed by atoms with Gasteiger partial charge in [0.25, 0.3) is 0 Å². The summed E-state index contributed by atoms with van der Waals surface area (Å²) in [4.78, 5) is 0. The Morgan fingerprint density at radius 1 is 0.438 bits per heavy atom. The first-order valence-electron chi connectivity index (χ1n) is 10.7. The monoisotopic (exact) mass is 521 g/mol. The highest BCUT2D eigenvalue weighted by Crippen LogP contribution is 2.37. The predicted octanol–water partition coefficient (Wildman–Crippen LogP) is 8.72. The lowest BCUT2D eigenvalue weighted by molar-refractivity contribution is 1.18. The average molecular weight is 521 g/mol. The van der Waals surface area contributed by atoms with Crippen molar-refractivity contribution in [1.82, 2.24) is 4.57 Å². The van der Waals surface area contributed by atoms with Crippen molar-refractivity contribution in [3.63, 3.8) is 0 Å².